The number of morpholine rings is 1. The molecule has 0 aliphatic carbocycles. The van der Waals surface area contributed by atoms with Crippen molar-refractivity contribution >= 4 is 11.7 Å². The molecule has 1 aromatic heterocycles. The van der Waals surface area contributed by atoms with Crippen molar-refractivity contribution in [3.63, 3.8) is 0 Å². The highest BCUT2D eigenvalue weighted by molar-refractivity contribution is 5.95. The van der Waals surface area contributed by atoms with Gasteiger partial charge < -0.3 is 15.0 Å². The highest BCUT2D eigenvalue weighted by Gasteiger charge is 2.30. The third-order valence-electron chi connectivity index (χ3n) is 3.76. The standard InChI is InChI=1S/C16H25N3O2/c1-5-14-10-21-12(4)9-19(14)16(20)13-7-11(3)18-15(8-13)17-6-2/h7-8,12,14H,5-6,9-10H2,1-4H3,(H,17,18). The molecule has 0 saturated carbocycles. The SMILES string of the molecule is CCNc1cc(C(=O)N2CC(C)OCC2CC)cc(C)n1. The van der Waals surface area contributed by atoms with Gasteiger partial charge in [-0.2, -0.15) is 0 Å². The zero-order chi connectivity index (χ0) is 15.4. The van der Waals surface area contributed by atoms with Crippen LogP contribution in [-0.4, -0.2) is 47.6 Å². The maximum Gasteiger partial charge on any atom is 0.254 e. The van der Waals surface area contributed by atoms with Gasteiger partial charge in [0.05, 0.1) is 18.8 Å². The first-order chi connectivity index (χ1) is 10.0. The van der Waals surface area contributed by atoms with Crippen LogP contribution in [0.25, 0.3) is 0 Å². The number of hydrogen-bond donors (Lipinski definition) is 1. The molecule has 1 saturated heterocycles. The van der Waals surface area contributed by atoms with E-state index >= 15 is 0 Å². The van der Waals surface area contributed by atoms with E-state index in [9.17, 15) is 4.79 Å². The molecule has 1 fully saturated rings. The van der Waals surface area contributed by atoms with E-state index in [1.165, 1.54) is 0 Å². The predicted molar refractivity (Wildman–Crippen MR) is 83.7 cm³/mol. The Morgan fingerprint density at radius 2 is 2.24 bits per heavy atom. The fourth-order valence-corrected chi connectivity index (χ4v) is 2.66. The Morgan fingerprint density at radius 1 is 1.48 bits per heavy atom. The topological polar surface area (TPSA) is 54.5 Å². The number of hydrogen-bond acceptors (Lipinski definition) is 4. The van der Waals surface area contributed by atoms with Crippen molar-refractivity contribution in [2.75, 3.05) is 25.0 Å². The summed E-state index contributed by atoms with van der Waals surface area (Å²) in [6.45, 7) is 10.1. The van der Waals surface area contributed by atoms with Crippen LogP contribution in [0, 0.1) is 6.92 Å². The summed E-state index contributed by atoms with van der Waals surface area (Å²) in [6, 6.07) is 3.85. The van der Waals surface area contributed by atoms with Crippen LogP contribution >= 0.6 is 0 Å². The first-order valence-electron chi connectivity index (χ1n) is 7.70. The number of nitrogens with zero attached hydrogens (tertiary/aromatic N) is 2. The number of aryl methyl sites for hydroxylation is 1. The lowest BCUT2D eigenvalue weighted by Crippen LogP contribution is -2.51. The second-order valence-electron chi connectivity index (χ2n) is 5.58. The molecule has 5 heteroatoms. The van der Waals surface area contributed by atoms with Gasteiger partial charge in [-0.15, -0.1) is 0 Å². The zero-order valence-electron chi connectivity index (χ0n) is 13.3. The first kappa shape index (κ1) is 15.8. The van der Waals surface area contributed by atoms with Crippen LogP contribution in [0.4, 0.5) is 5.82 Å². The lowest BCUT2D eigenvalue weighted by molar-refractivity contribution is -0.0444. The van der Waals surface area contributed by atoms with E-state index in [2.05, 4.69) is 17.2 Å². The molecular formula is C16H25N3O2. The molecule has 1 aromatic rings. The lowest BCUT2D eigenvalue weighted by atomic mass is 10.1. The van der Waals surface area contributed by atoms with E-state index in [0.29, 0.717) is 18.7 Å². The van der Waals surface area contributed by atoms with Gasteiger partial charge in [-0.3, -0.25) is 4.79 Å². The Bertz CT molecular complexity index is 504. The minimum atomic E-state index is 0.0710. The molecular weight excluding hydrogens is 266 g/mol. The quantitative estimate of drug-likeness (QED) is 0.926. The molecule has 2 unspecified atom stereocenters. The van der Waals surface area contributed by atoms with Gasteiger partial charge >= 0.3 is 0 Å². The van der Waals surface area contributed by atoms with E-state index < -0.39 is 0 Å². The molecule has 1 aliphatic heterocycles. The monoisotopic (exact) mass is 291 g/mol. The van der Waals surface area contributed by atoms with Crippen molar-refractivity contribution in [1.82, 2.24) is 9.88 Å². The molecule has 21 heavy (non-hydrogen) atoms. The van der Waals surface area contributed by atoms with Crippen molar-refractivity contribution in [1.29, 1.82) is 0 Å². The number of carbonyl (C=O) groups is 1. The molecule has 1 aliphatic rings. The summed E-state index contributed by atoms with van der Waals surface area (Å²) in [4.78, 5) is 19.2. The molecule has 2 atom stereocenters. The number of rotatable bonds is 4. The highest BCUT2D eigenvalue weighted by atomic mass is 16.5. The van der Waals surface area contributed by atoms with E-state index in [1.54, 1.807) is 0 Å². The van der Waals surface area contributed by atoms with Crippen molar-refractivity contribution in [3.05, 3.63) is 23.4 Å². The van der Waals surface area contributed by atoms with Crippen LogP contribution in [0.1, 0.15) is 43.2 Å². The summed E-state index contributed by atoms with van der Waals surface area (Å²) in [5.41, 5.74) is 1.55. The molecule has 1 N–H and O–H groups in total. The average Bonchev–Trinajstić information content (AvgIpc) is 2.46. The second kappa shape index (κ2) is 6.89. The summed E-state index contributed by atoms with van der Waals surface area (Å²) < 4.78 is 5.67. The second-order valence-corrected chi connectivity index (χ2v) is 5.58. The number of nitrogens with one attached hydrogen (secondary N) is 1. The molecule has 0 bridgehead atoms. The van der Waals surface area contributed by atoms with E-state index in [-0.39, 0.29) is 18.1 Å². The van der Waals surface area contributed by atoms with Gasteiger partial charge in [0.15, 0.2) is 0 Å². The molecule has 0 spiro atoms. The summed E-state index contributed by atoms with van der Waals surface area (Å²) in [5, 5.41) is 3.17. The van der Waals surface area contributed by atoms with Crippen molar-refractivity contribution in [2.45, 2.75) is 46.3 Å². The average molecular weight is 291 g/mol. The highest BCUT2D eigenvalue weighted by Crippen LogP contribution is 2.19. The first-order valence-corrected chi connectivity index (χ1v) is 7.70. The Hall–Kier alpha value is -1.62. The minimum absolute atomic E-state index is 0.0710. The van der Waals surface area contributed by atoms with Crippen LogP contribution < -0.4 is 5.32 Å². The number of carbonyl (C=O) groups excluding carboxylic acids is 1. The van der Waals surface area contributed by atoms with E-state index in [0.717, 1.165) is 24.5 Å². The number of anilines is 1. The summed E-state index contributed by atoms with van der Waals surface area (Å²) in [6.07, 6.45) is 0.996. The van der Waals surface area contributed by atoms with Gasteiger partial charge in [-0.05, 0) is 39.3 Å². The summed E-state index contributed by atoms with van der Waals surface area (Å²) in [7, 11) is 0. The Kier molecular flexibility index (Phi) is 5.17. The minimum Gasteiger partial charge on any atom is -0.375 e. The number of aromatic nitrogens is 1. The number of pyridine rings is 1. The predicted octanol–water partition coefficient (Wildman–Crippen LogP) is 2.46. The number of ether oxygens (including phenoxy) is 1. The van der Waals surface area contributed by atoms with Gasteiger partial charge in [-0.1, -0.05) is 6.92 Å². The Labute approximate surface area is 126 Å². The van der Waals surface area contributed by atoms with Crippen molar-refractivity contribution in [2.24, 2.45) is 0 Å². The van der Waals surface area contributed by atoms with Gasteiger partial charge in [-0.25, -0.2) is 4.98 Å². The smallest absolute Gasteiger partial charge is 0.254 e. The van der Waals surface area contributed by atoms with Gasteiger partial charge in [0.25, 0.3) is 5.91 Å². The third-order valence-corrected chi connectivity index (χ3v) is 3.76. The van der Waals surface area contributed by atoms with Gasteiger partial charge in [0.1, 0.15) is 5.82 Å². The van der Waals surface area contributed by atoms with Crippen molar-refractivity contribution < 1.29 is 9.53 Å². The van der Waals surface area contributed by atoms with E-state index in [1.807, 2.05) is 37.8 Å². The molecule has 0 aromatic carbocycles. The molecule has 116 valence electrons. The molecule has 1 amide bonds. The van der Waals surface area contributed by atoms with Crippen LogP contribution in [0.5, 0.6) is 0 Å². The van der Waals surface area contributed by atoms with Crippen LogP contribution in [0.15, 0.2) is 12.1 Å². The fraction of sp³-hybridized carbons (Fsp3) is 0.625. The number of amides is 1. The normalized spacial score (nSPS) is 22.2. The van der Waals surface area contributed by atoms with Gasteiger partial charge in [0, 0.05) is 24.3 Å². The Morgan fingerprint density at radius 3 is 2.90 bits per heavy atom. The maximum atomic E-state index is 12.8. The van der Waals surface area contributed by atoms with Crippen molar-refractivity contribution in [3.8, 4) is 0 Å². The van der Waals surface area contributed by atoms with Crippen LogP contribution in [0.3, 0.4) is 0 Å². The largest absolute Gasteiger partial charge is 0.375 e. The fourth-order valence-electron chi connectivity index (χ4n) is 2.66. The van der Waals surface area contributed by atoms with Crippen LogP contribution in [0.2, 0.25) is 0 Å². The Balaban J connectivity index is 2.25. The third kappa shape index (κ3) is 3.73. The molecule has 2 heterocycles. The summed E-state index contributed by atoms with van der Waals surface area (Å²) >= 11 is 0. The molecule has 2 rings (SSSR count). The molecule has 5 nitrogen and oxygen atoms in total. The lowest BCUT2D eigenvalue weighted by Gasteiger charge is -2.38. The van der Waals surface area contributed by atoms with E-state index in [4.69, 9.17) is 4.74 Å². The van der Waals surface area contributed by atoms with Crippen LogP contribution in [-0.2, 0) is 4.74 Å². The van der Waals surface area contributed by atoms with Gasteiger partial charge in [0.2, 0.25) is 0 Å². The molecule has 0 radical (unpaired) electrons. The summed E-state index contributed by atoms with van der Waals surface area (Å²) in [5.74, 6) is 0.830. The zero-order valence-corrected chi connectivity index (χ0v) is 13.3. The maximum absolute atomic E-state index is 12.8.